The Kier molecular flexibility index (Phi) is 2.60. The van der Waals surface area contributed by atoms with Crippen molar-refractivity contribution in [2.75, 3.05) is 0 Å². The monoisotopic (exact) mass is 186 g/mol. The van der Waals surface area contributed by atoms with Gasteiger partial charge < -0.3 is 5.11 Å². The van der Waals surface area contributed by atoms with Gasteiger partial charge in [-0.15, -0.1) is 0 Å². The summed E-state index contributed by atoms with van der Waals surface area (Å²) in [7, 11) is 0. The smallest absolute Gasteiger partial charge is 0.307 e. The molecule has 0 radical (unpaired) electrons. The second-order valence-electron chi connectivity index (χ2n) is 2.79. The zero-order valence-corrected chi connectivity index (χ0v) is 6.97. The van der Waals surface area contributed by atoms with E-state index in [0.29, 0.717) is 5.56 Å². The lowest BCUT2D eigenvalue weighted by molar-refractivity contribution is -0.136. The van der Waals surface area contributed by atoms with Gasteiger partial charge in [0.25, 0.3) is 0 Å². The van der Waals surface area contributed by atoms with Crippen LogP contribution in [0.4, 0.5) is 8.78 Å². The van der Waals surface area contributed by atoms with Crippen molar-refractivity contribution < 1.29 is 18.7 Å². The van der Waals surface area contributed by atoms with Crippen LogP contribution in [0.15, 0.2) is 12.1 Å². The lowest BCUT2D eigenvalue weighted by Gasteiger charge is -2.02. The number of hydrogen-bond donors (Lipinski definition) is 1. The van der Waals surface area contributed by atoms with E-state index >= 15 is 0 Å². The summed E-state index contributed by atoms with van der Waals surface area (Å²) in [6.45, 7) is 1.58. The number of aryl methyl sites for hydroxylation is 1. The normalized spacial score (nSPS) is 10.1. The minimum Gasteiger partial charge on any atom is -0.481 e. The summed E-state index contributed by atoms with van der Waals surface area (Å²) in [6, 6.07) is 2.35. The van der Waals surface area contributed by atoms with E-state index in [1.54, 1.807) is 6.92 Å². The molecule has 70 valence electrons. The number of carboxylic acids is 1. The third-order valence-electron chi connectivity index (χ3n) is 1.59. The third kappa shape index (κ3) is 2.24. The van der Waals surface area contributed by atoms with Crippen LogP contribution < -0.4 is 0 Å². The van der Waals surface area contributed by atoms with Crippen molar-refractivity contribution in [3.63, 3.8) is 0 Å². The fraction of sp³-hybridized carbons (Fsp3) is 0.222. The maximum absolute atomic E-state index is 12.9. The van der Waals surface area contributed by atoms with E-state index in [1.165, 1.54) is 6.07 Å². The lowest BCUT2D eigenvalue weighted by Crippen LogP contribution is -2.04. The topological polar surface area (TPSA) is 37.3 Å². The minimum absolute atomic E-state index is 0.120. The number of aliphatic carboxylic acids is 1. The van der Waals surface area contributed by atoms with Crippen LogP contribution in [0.2, 0.25) is 0 Å². The predicted octanol–water partition coefficient (Wildman–Crippen LogP) is 1.90. The van der Waals surface area contributed by atoms with Crippen LogP contribution in [-0.2, 0) is 11.2 Å². The average molecular weight is 186 g/mol. The van der Waals surface area contributed by atoms with Gasteiger partial charge in [-0.25, -0.2) is 8.78 Å². The van der Waals surface area contributed by atoms with Crippen LogP contribution in [-0.4, -0.2) is 11.1 Å². The van der Waals surface area contributed by atoms with Crippen LogP contribution in [0, 0.1) is 18.6 Å². The van der Waals surface area contributed by atoms with Gasteiger partial charge in [0.1, 0.15) is 0 Å². The van der Waals surface area contributed by atoms with Crippen LogP contribution in [0.25, 0.3) is 0 Å². The molecule has 4 heteroatoms. The van der Waals surface area contributed by atoms with Crippen molar-refractivity contribution in [3.05, 3.63) is 34.9 Å². The molecule has 0 heterocycles. The van der Waals surface area contributed by atoms with Gasteiger partial charge in [-0.2, -0.15) is 0 Å². The molecule has 0 saturated heterocycles. The molecule has 0 bridgehead atoms. The molecule has 0 aliphatic heterocycles. The molecule has 0 unspecified atom stereocenters. The Bertz CT molecular complexity index is 348. The second-order valence-corrected chi connectivity index (χ2v) is 2.79. The highest BCUT2D eigenvalue weighted by molar-refractivity contribution is 5.70. The Morgan fingerprint density at radius 1 is 1.46 bits per heavy atom. The summed E-state index contributed by atoms with van der Waals surface area (Å²) in [5, 5.41) is 8.38. The first-order valence-electron chi connectivity index (χ1n) is 3.67. The highest BCUT2D eigenvalue weighted by Crippen LogP contribution is 2.14. The van der Waals surface area contributed by atoms with Crippen molar-refractivity contribution in [3.8, 4) is 0 Å². The van der Waals surface area contributed by atoms with E-state index in [-0.39, 0.29) is 5.56 Å². The molecule has 0 atom stereocenters. The van der Waals surface area contributed by atoms with Gasteiger partial charge in [0.05, 0.1) is 6.42 Å². The molecular weight excluding hydrogens is 178 g/mol. The molecule has 13 heavy (non-hydrogen) atoms. The molecule has 0 fully saturated rings. The van der Waals surface area contributed by atoms with E-state index in [0.717, 1.165) is 6.07 Å². The van der Waals surface area contributed by atoms with Crippen molar-refractivity contribution in [2.24, 2.45) is 0 Å². The molecule has 0 spiro atoms. The summed E-state index contributed by atoms with van der Waals surface area (Å²) in [6.07, 6.45) is -0.496. The number of carbonyl (C=O) groups is 1. The Balaban J connectivity index is 3.12. The number of rotatable bonds is 2. The first-order valence-corrected chi connectivity index (χ1v) is 3.67. The van der Waals surface area contributed by atoms with Crippen LogP contribution in [0.1, 0.15) is 11.1 Å². The SMILES string of the molecule is Cc1cc(F)c(F)c(CC(=O)O)c1. The number of halogens is 2. The van der Waals surface area contributed by atoms with Gasteiger partial charge >= 0.3 is 5.97 Å². The van der Waals surface area contributed by atoms with Gasteiger partial charge in [0, 0.05) is 5.56 Å². The standard InChI is InChI=1S/C9H8F2O2/c1-5-2-6(4-8(12)13)9(11)7(10)3-5/h2-3H,4H2,1H3,(H,12,13). The summed E-state index contributed by atoms with van der Waals surface area (Å²) in [5.74, 6) is -3.26. The zero-order valence-electron chi connectivity index (χ0n) is 6.97. The van der Waals surface area contributed by atoms with E-state index in [2.05, 4.69) is 0 Å². The predicted molar refractivity (Wildman–Crippen MR) is 42.4 cm³/mol. The largest absolute Gasteiger partial charge is 0.481 e. The van der Waals surface area contributed by atoms with Crippen molar-refractivity contribution in [1.29, 1.82) is 0 Å². The maximum atomic E-state index is 12.9. The van der Waals surface area contributed by atoms with E-state index in [9.17, 15) is 13.6 Å². The molecular formula is C9H8F2O2. The van der Waals surface area contributed by atoms with E-state index < -0.39 is 24.0 Å². The first-order chi connectivity index (χ1) is 6.00. The third-order valence-corrected chi connectivity index (χ3v) is 1.59. The summed E-state index contributed by atoms with van der Waals surface area (Å²) in [4.78, 5) is 10.3. The molecule has 0 aliphatic rings. The van der Waals surface area contributed by atoms with Crippen molar-refractivity contribution in [2.45, 2.75) is 13.3 Å². The fourth-order valence-corrected chi connectivity index (χ4v) is 1.09. The van der Waals surface area contributed by atoms with Gasteiger partial charge in [0.2, 0.25) is 0 Å². The first kappa shape index (κ1) is 9.64. The molecule has 0 amide bonds. The molecule has 1 aromatic rings. The highest BCUT2D eigenvalue weighted by atomic mass is 19.2. The minimum atomic E-state index is -1.18. The molecule has 0 saturated carbocycles. The van der Waals surface area contributed by atoms with Gasteiger partial charge in [0.15, 0.2) is 11.6 Å². The van der Waals surface area contributed by atoms with E-state index in [1.807, 2.05) is 0 Å². The fourth-order valence-electron chi connectivity index (χ4n) is 1.09. The van der Waals surface area contributed by atoms with Crippen LogP contribution in [0.5, 0.6) is 0 Å². The quantitative estimate of drug-likeness (QED) is 0.765. The van der Waals surface area contributed by atoms with Crippen LogP contribution >= 0.6 is 0 Å². The molecule has 1 aromatic carbocycles. The Morgan fingerprint density at radius 2 is 2.08 bits per heavy atom. The number of carboxylic acid groups (broad SMARTS) is 1. The molecule has 1 rings (SSSR count). The maximum Gasteiger partial charge on any atom is 0.307 e. The average Bonchev–Trinajstić information content (AvgIpc) is 1.98. The lowest BCUT2D eigenvalue weighted by atomic mass is 10.1. The van der Waals surface area contributed by atoms with Gasteiger partial charge in [-0.3, -0.25) is 4.79 Å². The molecule has 0 aromatic heterocycles. The molecule has 2 nitrogen and oxygen atoms in total. The number of hydrogen-bond acceptors (Lipinski definition) is 1. The Hall–Kier alpha value is -1.45. The molecule has 1 N–H and O–H groups in total. The van der Waals surface area contributed by atoms with Crippen molar-refractivity contribution >= 4 is 5.97 Å². The van der Waals surface area contributed by atoms with Crippen LogP contribution in [0.3, 0.4) is 0 Å². The second kappa shape index (κ2) is 3.51. The molecule has 0 aliphatic carbocycles. The Morgan fingerprint density at radius 3 is 2.62 bits per heavy atom. The Labute approximate surface area is 73.8 Å². The zero-order chi connectivity index (χ0) is 10.0. The van der Waals surface area contributed by atoms with Crippen molar-refractivity contribution in [1.82, 2.24) is 0 Å². The number of benzene rings is 1. The van der Waals surface area contributed by atoms with Gasteiger partial charge in [-0.1, -0.05) is 6.07 Å². The van der Waals surface area contributed by atoms with Gasteiger partial charge in [-0.05, 0) is 18.6 Å². The summed E-state index contributed by atoms with van der Waals surface area (Å²) < 4.78 is 25.6. The highest BCUT2D eigenvalue weighted by Gasteiger charge is 2.11. The van der Waals surface area contributed by atoms with E-state index in [4.69, 9.17) is 5.11 Å². The summed E-state index contributed by atoms with van der Waals surface area (Å²) in [5.41, 5.74) is 0.389. The summed E-state index contributed by atoms with van der Waals surface area (Å²) >= 11 is 0.